The van der Waals surface area contributed by atoms with Gasteiger partial charge in [-0.3, -0.25) is 4.90 Å². The van der Waals surface area contributed by atoms with Crippen molar-refractivity contribution in [2.75, 3.05) is 20.2 Å². The van der Waals surface area contributed by atoms with E-state index in [9.17, 15) is 0 Å². The van der Waals surface area contributed by atoms with Crippen molar-refractivity contribution in [3.05, 3.63) is 77.1 Å². The second-order valence-corrected chi connectivity index (χ2v) is 10.2. The van der Waals surface area contributed by atoms with Crippen LogP contribution in [0.1, 0.15) is 36.3 Å². The minimum absolute atomic E-state index is 0.752. The number of hydrogen-bond donors (Lipinski definition) is 0. The van der Waals surface area contributed by atoms with E-state index in [1.807, 2.05) is 18.2 Å². The van der Waals surface area contributed by atoms with Crippen LogP contribution in [0.15, 0.2) is 65.1 Å². The Morgan fingerprint density at radius 1 is 0.941 bits per heavy atom. The van der Waals surface area contributed by atoms with Crippen LogP contribution in [0.5, 0.6) is 5.75 Å². The van der Waals surface area contributed by atoms with Gasteiger partial charge in [0.25, 0.3) is 0 Å². The van der Waals surface area contributed by atoms with E-state index in [0.717, 1.165) is 64.9 Å². The third-order valence-corrected chi connectivity index (χ3v) is 7.95. The van der Waals surface area contributed by atoms with Gasteiger partial charge in [0.1, 0.15) is 16.6 Å². The molecule has 0 saturated carbocycles. The van der Waals surface area contributed by atoms with E-state index >= 15 is 0 Å². The van der Waals surface area contributed by atoms with Crippen LogP contribution in [0.25, 0.3) is 10.6 Å². The molecular formula is C26H29N5OS2. The normalized spacial score (nSPS) is 14.4. The van der Waals surface area contributed by atoms with Crippen LogP contribution in [-0.2, 0) is 18.8 Å². The number of rotatable bonds is 9. The molecule has 0 spiro atoms. The number of aromatic nitrogens is 4. The number of hydrogen-bond acceptors (Lipinski definition) is 7. The van der Waals surface area contributed by atoms with Crippen LogP contribution in [0.4, 0.5) is 0 Å². The zero-order valence-electron chi connectivity index (χ0n) is 19.4. The standard InChI is InChI=1S/C26H29N5OS2/c1-32-23-13-7-6-12-22(23)25-27-21(18-33-25)19-34-26-29-28-24(17-30-14-8-3-9-15-30)31(26)16-20-10-4-2-5-11-20/h2,4-7,10-13,18H,3,8-9,14-17,19H2,1H3. The van der Waals surface area contributed by atoms with E-state index in [1.54, 1.807) is 30.2 Å². The zero-order chi connectivity index (χ0) is 23.2. The first-order valence-corrected chi connectivity index (χ1v) is 13.6. The summed E-state index contributed by atoms with van der Waals surface area (Å²) in [5.74, 6) is 2.64. The molecule has 2 aromatic heterocycles. The lowest BCUT2D eigenvalue weighted by Gasteiger charge is -2.26. The zero-order valence-corrected chi connectivity index (χ0v) is 21.0. The topological polar surface area (TPSA) is 56.1 Å². The Hall–Kier alpha value is -2.68. The van der Waals surface area contributed by atoms with E-state index in [4.69, 9.17) is 9.72 Å². The molecule has 4 aromatic rings. The maximum atomic E-state index is 5.51. The third kappa shape index (κ3) is 5.51. The van der Waals surface area contributed by atoms with Gasteiger partial charge >= 0.3 is 0 Å². The number of nitrogens with zero attached hydrogens (tertiary/aromatic N) is 5. The summed E-state index contributed by atoms with van der Waals surface area (Å²) in [5, 5.41) is 13.3. The van der Waals surface area contributed by atoms with E-state index < -0.39 is 0 Å². The van der Waals surface area contributed by atoms with Crippen LogP contribution in [0, 0.1) is 0 Å². The van der Waals surface area contributed by atoms with Gasteiger partial charge in [-0.2, -0.15) is 0 Å². The van der Waals surface area contributed by atoms with Gasteiger partial charge in [-0.25, -0.2) is 4.98 Å². The lowest BCUT2D eigenvalue weighted by molar-refractivity contribution is 0.213. The molecule has 5 rings (SSSR count). The van der Waals surface area contributed by atoms with Gasteiger partial charge in [-0.1, -0.05) is 60.6 Å². The Morgan fingerprint density at radius 3 is 2.56 bits per heavy atom. The average molecular weight is 492 g/mol. The largest absolute Gasteiger partial charge is 0.496 e. The third-order valence-electron chi connectivity index (χ3n) is 6.03. The second-order valence-electron chi connectivity index (χ2n) is 8.44. The molecular weight excluding hydrogens is 462 g/mol. The highest BCUT2D eigenvalue weighted by Crippen LogP contribution is 2.33. The Kier molecular flexibility index (Phi) is 7.58. The van der Waals surface area contributed by atoms with Crippen LogP contribution in [0.2, 0.25) is 0 Å². The lowest BCUT2D eigenvalue weighted by atomic mass is 10.1. The van der Waals surface area contributed by atoms with Crippen molar-refractivity contribution in [3.63, 3.8) is 0 Å². The fourth-order valence-corrected chi connectivity index (χ4v) is 6.05. The molecule has 0 unspecified atom stereocenters. The van der Waals surface area contributed by atoms with Crippen LogP contribution < -0.4 is 4.74 Å². The summed E-state index contributed by atoms with van der Waals surface area (Å²) in [7, 11) is 1.70. The molecule has 0 N–H and O–H groups in total. The molecule has 0 amide bonds. The number of likely N-dealkylation sites (tertiary alicyclic amines) is 1. The monoisotopic (exact) mass is 491 g/mol. The van der Waals surface area contributed by atoms with Gasteiger partial charge < -0.3 is 9.30 Å². The van der Waals surface area contributed by atoms with E-state index in [1.165, 1.54) is 24.8 Å². The molecule has 6 nitrogen and oxygen atoms in total. The van der Waals surface area contributed by atoms with Crippen molar-refractivity contribution in [2.45, 2.75) is 43.3 Å². The quantitative estimate of drug-likeness (QED) is 0.279. The maximum Gasteiger partial charge on any atom is 0.191 e. The van der Waals surface area contributed by atoms with Crippen molar-refractivity contribution in [1.29, 1.82) is 0 Å². The molecule has 1 saturated heterocycles. The van der Waals surface area contributed by atoms with Crippen molar-refractivity contribution in [1.82, 2.24) is 24.6 Å². The van der Waals surface area contributed by atoms with Crippen molar-refractivity contribution in [3.8, 4) is 16.3 Å². The van der Waals surface area contributed by atoms with Crippen LogP contribution >= 0.6 is 23.1 Å². The van der Waals surface area contributed by atoms with Gasteiger partial charge in [-0.05, 0) is 43.6 Å². The van der Waals surface area contributed by atoms with Gasteiger partial charge in [-0.15, -0.1) is 21.5 Å². The Labute approximate surface area is 209 Å². The summed E-state index contributed by atoms with van der Waals surface area (Å²) in [4.78, 5) is 7.37. The molecule has 0 radical (unpaired) electrons. The Bertz CT molecular complexity index is 1200. The molecule has 8 heteroatoms. The molecule has 1 fully saturated rings. The molecule has 176 valence electrons. The van der Waals surface area contributed by atoms with Crippen LogP contribution in [0.3, 0.4) is 0 Å². The molecule has 34 heavy (non-hydrogen) atoms. The SMILES string of the molecule is COc1ccccc1-c1nc(CSc2nnc(CN3CCCCC3)n2Cc2ccccc2)cs1. The van der Waals surface area contributed by atoms with Crippen LogP contribution in [-0.4, -0.2) is 44.8 Å². The lowest BCUT2D eigenvalue weighted by Crippen LogP contribution is -2.30. The van der Waals surface area contributed by atoms with Gasteiger partial charge in [0.2, 0.25) is 0 Å². The number of para-hydroxylation sites is 1. The van der Waals surface area contributed by atoms with E-state index in [-0.39, 0.29) is 0 Å². The first-order chi connectivity index (χ1) is 16.8. The molecule has 0 atom stereocenters. The van der Waals surface area contributed by atoms with Gasteiger partial charge in [0, 0.05) is 11.1 Å². The highest BCUT2D eigenvalue weighted by molar-refractivity contribution is 7.98. The van der Waals surface area contributed by atoms with Crippen molar-refractivity contribution in [2.24, 2.45) is 0 Å². The highest BCUT2D eigenvalue weighted by atomic mass is 32.2. The predicted molar refractivity (Wildman–Crippen MR) is 138 cm³/mol. The van der Waals surface area contributed by atoms with Crippen molar-refractivity contribution < 1.29 is 4.74 Å². The Balaban J connectivity index is 1.33. The molecule has 1 aliphatic heterocycles. The van der Waals surface area contributed by atoms with E-state index in [2.05, 4.69) is 61.4 Å². The number of benzene rings is 2. The average Bonchev–Trinajstić information content (AvgIpc) is 3.51. The highest BCUT2D eigenvalue weighted by Gasteiger charge is 2.18. The number of methoxy groups -OCH3 is 1. The predicted octanol–water partition coefficient (Wildman–Crippen LogP) is 5.74. The smallest absolute Gasteiger partial charge is 0.191 e. The summed E-state index contributed by atoms with van der Waals surface area (Å²) in [6.07, 6.45) is 3.87. The molecule has 2 aromatic carbocycles. The second kappa shape index (κ2) is 11.2. The fourth-order valence-electron chi connectivity index (χ4n) is 4.24. The minimum Gasteiger partial charge on any atom is -0.496 e. The number of thioether (sulfide) groups is 1. The maximum absolute atomic E-state index is 5.51. The number of thiazole rings is 1. The summed E-state index contributed by atoms with van der Waals surface area (Å²) in [5.41, 5.74) is 3.33. The van der Waals surface area contributed by atoms with E-state index in [0.29, 0.717) is 0 Å². The molecule has 3 heterocycles. The first kappa shape index (κ1) is 23.1. The van der Waals surface area contributed by atoms with Gasteiger partial charge in [0.15, 0.2) is 5.16 Å². The number of ether oxygens (including phenoxy) is 1. The summed E-state index contributed by atoms with van der Waals surface area (Å²) >= 11 is 3.35. The van der Waals surface area contributed by atoms with Crippen molar-refractivity contribution >= 4 is 23.1 Å². The minimum atomic E-state index is 0.752. The molecule has 0 bridgehead atoms. The summed E-state index contributed by atoms with van der Waals surface area (Å²) < 4.78 is 7.79. The first-order valence-electron chi connectivity index (χ1n) is 11.7. The molecule has 0 aliphatic carbocycles. The fraction of sp³-hybridized carbons (Fsp3) is 0.346. The summed E-state index contributed by atoms with van der Waals surface area (Å²) in [6, 6.07) is 18.6. The summed E-state index contributed by atoms with van der Waals surface area (Å²) in [6.45, 7) is 3.92. The molecule has 1 aliphatic rings. The van der Waals surface area contributed by atoms with Gasteiger partial charge in [0.05, 0.1) is 31.5 Å². The number of piperidine rings is 1. The Morgan fingerprint density at radius 2 is 1.74 bits per heavy atom.